The van der Waals surface area contributed by atoms with Crippen LogP contribution in [0.15, 0.2) is 0 Å². The Bertz CT molecular complexity index is 137. The molecule has 0 unspecified atom stereocenters. The Hall–Kier alpha value is -0.565. The predicted octanol–water partition coefficient (Wildman–Crippen LogP) is 2.79. The predicted molar refractivity (Wildman–Crippen MR) is 23.9 cm³/mol. The maximum Gasteiger partial charge on any atom is 0.248 e. The lowest BCUT2D eigenvalue weighted by molar-refractivity contribution is -0.151. The Balaban J connectivity index is 5.02. The second-order valence-electron chi connectivity index (χ2n) is 2.06. The zero-order chi connectivity index (χ0) is 11.1. The monoisotopic (exact) mass is 218 g/mol. The van der Waals surface area contributed by atoms with Gasteiger partial charge in [0.1, 0.15) is 0 Å². The minimum Gasteiger partial charge on any atom is -0.219 e. The molecule has 1 radical (unpaired) electrons. The van der Waals surface area contributed by atoms with Crippen molar-refractivity contribution in [2.24, 2.45) is 0 Å². The van der Waals surface area contributed by atoms with Gasteiger partial charge in [-0.05, 0) is 0 Å². The molecule has 0 aromatic heterocycles. The Kier molecular flexibility index (Phi) is 2.85. The SMILES string of the molecule is FC(F)(F)[B-](C(F)(F)F)C(F)(F)F. The first-order valence-electron chi connectivity index (χ1n) is 2.57. The van der Waals surface area contributed by atoms with Crippen LogP contribution in [0.5, 0.6) is 0 Å². The third-order valence-electron chi connectivity index (χ3n) is 0.982. The summed E-state index contributed by atoms with van der Waals surface area (Å²) in [5.41, 5.74) is 0. The lowest BCUT2D eigenvalue weighted by atomic mass is 9.47. The smallest absolute Gasteiger partial charge is 0.219 e. The fourth-order valence-corrected chi connectivity index (χ4v) is 0.557. The molecule has 0 spiro atoms. The molecular weight excluding hydrogens is 218 g/mol. The Labute approximate surface area is 65.8 Å². The van der Waals surface area contributed by atoms with Crippen molar-refractivity contribution >= 4 is 6.71 Å². The van der Waals surface area contributed by atoms with Crippen LogP contribution in [0, 0.1) is 0 Å². The van der Waals surface area contributed by atoms with Crippen LogP contribution in [0.2, 0.25) is 0 Å². The number of halogens is 9. The highest BCUT2D eigenvalue weighted by Crippen LogP contribution is 2.40. The number of rotatable bonds is 0. The van der Waals surface area contributed by atoms with E-state index in [9.17, 15) is 39.5 Å². The van der Waals surface area contributed by atoms with Crippen LogP contribution in [-0.4, -0.2) is 24.9 Å². The highest BCUT2D eigenvalue weighted by molar-refractivity contribution is 6.65. The van der Waals surface area contributed by atoms with E-state index in [2.05, 4.69) is 0 Å². The first kappa shape index (κ1) is 12.4. The molecule has 0 amide bonds. The van der Waals surface area contributed by atoms with Gasteiger partial charge in [0.25, 0.3) is 0 Å². The van der Waals surface area contributed by atoms with Crippen LogP contribution in [0.4, 0.5) is 39.5 Å². The molecule has 10 heteroatoms. The number of hydrogen-bond donors (Lipinski definition) is 0. The largest absolute Gasteiger partial charge is 0.248 e. The van der Waals surface area contributed by atoms with E-state index in [4.69, 9.17) is 0 Å². The molecule has 0 rings (SSSR count). The molecule has 0 aromatic carbocycles. The van der Waals surface area contributed by atoms with Crippen molar-refractivity contribution in [3.05, 3.63) is 0 Å². The van der Waals surface area contributed by atoms with E-state index < -0.39 is 24.9 Å². The van der Waals surface area contributed by atoms with Crippen LogP contribution >= 0.6 is 0 Å². The van der Waals surface area contributed by atoms with Gasteiger partial charge in [0, 0.05) is 0 Å². The minimum absolute atomic E-state index is 5.27. The van der Waals surface area contributed by atoms with E-state index in [1.165, 1.54) is 0 Å². The maximum absolute atomic E-state index is 11.3. The van der Waals surface area contributed by atoms with Crippen molar-refractivity contribution in [2.75, 3.05) is 0 Å². The molecule has 0 fully saturated rings. The van der Waals surface area contributed by atoms with Crippen molar-refractivity contribution in [1.29, 1.82) is 0 Å². The van der Waals surface area contributed by atoms with Crippen LogP contribution in [0.3, 0.4) is 0 Å². The summed E-state index contributed by atoms with van der Waals surface area (Å²) in [6.45, 7) is -5.27. The van der Waals surface area contributed by atoms with Gasteiger partial charge in [-0.15, -0.1) is 0 Å². The molecule has 0 aliphatic rings. The maximum atomic E-state index is 11.3. The van der Waals surface area contributed by atoms with Gasteiger partial charge < -0.3 is 0 Å². The van der Waals surface area contributed by atoms with Crippen LogP contribution in [-0.2, 0) is 0 Å². The second kappa shape index (κ2) is 2.98. The molecule has 0 nitrogen and oxygen atoms in total. The topological polar surface area (TPSA) is 0 Å². The Morgan fingerprint density at radius 1 is 0.462 bits per heavy atom. The molecule has 0 N–H and O–H groups in total. The molecule has 0 atom stereocenters. The van der Waals surface area contributed by atoms with Gasteiger partial charge >= 0.3 is 0 Å². The number of hydrogen-bond acceptors (Lipinski definition) is 0. The molecule has 0 aliphatic heterocycles. The third-order valence-corrected chi connectivity index (χ3v) is 0.982. The summed E-state index contributed by atoms with van der Waals surface area (Å²) in [6.07, 6.45) is -19.1. The van der Waals surface area contributed by atoms with Crippen molar-refractivity contribution in [3.63, 3.8) is 0 Å². The highest BCUT2D eigenvalue weighted by Gasteiger charge is 2.60. The Morgan fingerprint density at radius 2 is 0.615 bits per heavy atom. The summed E-state index contributed by atoms with van der Waals surface area (Å²) in [7, 11) is 0. The van der Waals surface area contributed by atoms with Gasteiger partial charge in [-0.2, -0.15) is 0 Å². The summed E-state index contributed by atoms with van der Waals surface area (Å²) in [5, 5.41) is 0. The lowest BCUT2D eigenvalue weighted by Crippen LogP contribution is -2.57. The number of alkyl halides is 9. The molecular formula is C3BF9-. The fraction of sp³-hybridized carbons (Fsp3) is 1.00. The third kappa shape index (κ3) is 3.35. The molecule has 13 heavy (non-hydrogen) atoms. The average molecular weight is 218 g/mol. The van der Waals surface area contributed by atoms with Gasteiger partial charge in [-0.3, -0.25) is 0 Å². The summed E-state index contributed by atoms with van der Waals surface area (Å²) in [5.74, 6) is 0. The fourth-order valence-electron chi connectivity index (χ4n) is 0.557. The van der Waals surface area contributed by atoms with Crippen LogP contribution < -0.4 is 0 Å². The standard InChI is InChI=1S/C3BF9/c5-1(6,7)4(2(8,9)10)3(11,12)13/q-1. The zero-order valence-corrected chi connectivity index (χ0v) is 5.48. The first-order valence-corrected chi connectivity index (χ1v) is 2.57. The van der Waals surface area contributed by atoms with Crippen molar-refractivity contribution in [1.82, 2.24) is 0 Å². The average Bonchev–Trinajstić information content (AvgIpc) is 1.44. The minimum atomic E-state index is -6.36. The first-order chi connectivity index (χ1) is 5.37. The molecule has 0 aromatic rings. The lowest BCUT2D eigenvalue weighted by Gasteiger charge is -2.33. The van der Waals surface area contributed by atoms with Crippen LogP contribution in [0.25, 0.3) is 0 Å². The van der Waals surface area contributed by atoms with E-state index in [1.807, 2.05) is 0 Å². The van der Waals surface area contributed by atoms with E-state index in [0.29, 0.717) is 0 Å². The van der Waals surface area contributed by atoms with Gasteiger partial charge in [0.15, 0.2) is 0 Å². The Morgan fingerprint density at radius 3 is 0.615 bits per heavy atom. The van der Waals surface area contributed by atoms with E-state index in [0.717, 1.165) is 0 Å². The zero-order valence-electron chi connectivity index (χ0n) is 5.48. The molecule has 0 heterocycles. The van der Waals surface area contributed by atoms with Crippen molar-refractivity contribution in [2.45, 2.75) is 18.2 Å². The summed E-state index contributed by atoms with van der Waals surface area (Å²) in [6, 6.07) is 0. The van der Waals surface area contributed by atoms with Gasteiger partial charge in [0.05, 0.1) is 0 Å². The second-order valence-corrected chi connectivity index (χ2v) is 2.06. The van der Waals surface area contributed by atoms with E-state index in [1.54, 1.807) is 0 Å². The quantitative estimate of drug-likeness (QED) is 0.433. The molecule has 0 saturated carbocycles. The van der Waals surface area contributed by atoms with Crippen LogP contribution in [0.1, 0.15) is 0 Å². The molecule has 0 aliphatic carbocycles. The molecule has 79 valence electrons. The van der Waals surface area contributed by atoms with E-state index in [-0.39, 0.29) is 0 Å². The van der Waals surface area contributed by atoms with E-state index >= 15 is 0 Å². The summed E-state index contributed by atoms with van der Waals surface area (Å²) in [4.78, 5) is 0. The van der Waals surface area contributed by atoms with Gasteiger partial charge in [-0.25, -0.2) is 39.5 Å². The molecule has 0 saturated heterocycles. The van der Waals surface area contributed by atoms with Gasteiger partial charge in [0.2, 0.25) is 24.9 Å². The summed E-state index contributed by atoms with van der Waals surface area (Å²) >= 11 is 0. The van der Waals surface area contributed by atoms with Gasteiger partial charge in [-0.1, -0.05) is 0 Å². The van der Waals surface area contributed by atoms with Crippen molar-refractivity contribution in [3.8, 4) is 0 Å². The molecule has 0 bridgehead atoms. The van der Waals surface area contributed by atoms with Crippen molar-refractivity contribution < 1.29 is 39.5 Å². The normalized spacial score (nSPS) is 15.2. The summed E-state index contributed by atoms with van der Waals surface area (Å²) < 4.78 is 101. The highest BCUT2D eigenvalue weighted by atomic mass is 19.4.